The van der Waals surface area contributed by atoms with E-state index in [4.69, 9.17) is 11.6 Å². The SMILES string of the molecule is Cc1ccc(S(=O)(=O)N2CCC(C(C)Cl)CC2)c(C)c1. The molecule has 5 heteroatoms. The minimum atomic E-state index is -3.37. The molecule has 1 heterocycles. The summed E-state index contributed by atoms with van der Waals surface area (Å²) in [6, 6.07) is 5.49. The number of alkyl halides is 1. The fourth-order valence-corrected chi connectivity index (χ4v) is 4.73. The van der Waals surface area contributed by atoms with Gasteiger partial charge in [0.2, 0.25) is 10.0 Å². The van der Waals surface area contributed by atoms with Crippen LogP contribution >= 0.6 is 11.6 Å². The lowest BCUT2D eigenvalue weighted by molar-refractivity contribution is 0.271. The van der Waals surface area contributed by atoms with Crippen molar-refractivity contribution in [3.63, 3.8) is 0 Å². The van der Waals surface area contributed by atoms with Crippen LogP contribution in [0.1, 0.15) is 30.9 Å². The van der Waals surface area contributed by atoms with Crippen molar-refractivity contribution < 1.29 is 8.42 Å². The first-order valence-corrected chi connectivity index (χ1v) is 8.91. The van der Waals surface area contributed by atoms with Gasteiger partial charge in [0.1, 0.15) is 0 Å². The second-order valence-corrected chi connectivity index (χ2v) is 8.28. The smallest absolute Gasteiger partial charge is 0.207 e. The van der Waals surface area contributed by atoms with Crippen LogP contribution in [-0.4, -0.2) is 31.2 Å². The third-order valence-corrected chi connectivity index (χ3v) is 6.51. The van der Waals surface area contributed by atoms with Gasteiger partial charge in [0.15, 0.2) is 0 Å². The summed E-state index contributed by atoms with van der Waals surface area (Å²) in [5.74, 6) is 0.419. The van der Waals surface area contributed by atoms with Gasteiger partial charge < -0.3 is 0 Å². The minimum absolute atomic E-state index is 0.112. The normalized spacial score (nSPS) is 20.0. The molecule has 0 saturated carbocycles. The van der Waals surface area contributed by atoms with E-state index in [0.29, 0.717) is 23.9 Å². The highest BCUT2D eigenvalue weighted by atomic mass is 35.5. The van der Waals surface area contributed by atoms with Crippen molar-refractivity contribution in [3.8, 4) is 0 Å². The zero-order valence-electron chi connectivity index (χ0n) is 12.3. The number of benzene rings is 1. The van der Waals surface area contributed by atoms with Gasteiger partial charge in [0.25, 0.3) is 0 Å². The van der Waals surface area contributed by atoms with Crippen LogP contribution in [0, 0.1) is 19.8 Å². The van der Waals surface area contributed by atoms with E-state index in [1.54, 1.807) is 10.4 Å². The first-order valence-electron chi connectivity index (χ1n) is 7.04. The number of rotatable bonds is 3. The number of hydrogen-bond acceptors (Lipinski definition) is 2. The largest absolute Gasteiger partial charge is 0.243 e. The highest BCUT2D eigenvalue weighted by molar-refractivity contribution is 7.89. The average molecular weight is 316 g/mol. The maximum Gasteiger partial charge on any atom is 0.243 e. The van der Waals surface area contributed by atoms with Gasteiger partial charge in [0.05, 0.1) is 4.90 Å². The van der Waals surface area contributed by atoms with Crippen molar-refractivity contribution in [2.75, 3.05) is 13.1 Å². The topological polar surface area (TPSA) is 37.4 Å². The number of halogens is 1. The van der Waals surface area contributed by atoms with Crippen LogP contribution in [0.25, 0.3) is 0 Å². The first-order chi connectivity index (χ1) is 9.32. The average Bonchev–Trinajstić information content (AvgIpc) is 2.38. The number of sulfonamides is 1. The molecule has 20 heavy (non-hydrogen) atoms. The van der Waals surface area contributed by atoms with E-state index in [2.05, 4.69) is 0 Å². The molecule has 0 amide bonds. The monoisotopic (exact) mass is 315 g/mol. The minimum Gasteiger partial charge on any atom is -0.207 e. The number of hydrogen-bond donors (Lipinski definition) is 0. The Morgan fingerprint density at radius 3 is 2.35 bits per heavy atom. The van der Waals surface area contributed by atoms with Crippen molar-refractivity contribution in [3.05, 3.63) is 29.3 Å². The van der Waals surface area contributed by atoms with E-state index in [1.807, 2.05) is 32.9 Å². The summed E-state index contributed by atoms with van der Waals surface area (Å²) in [6.45, 7) is 6.94. The molecule has 1 aromatic carbocycles. The fraction of sp³-hybridized carbons (Fsp3) is 0.600. The van der Waals surface area contributed by atoms with Crippen molar-refractivity contribution in [1.29, 1.82) is 0 Å². The van der Waals surface area contributed by atoms with Gasteiger partial charge in [-0.2, -0.15) is 4.31 Å². The van der Waals surface area contributed by atoms with Gasteiger partial charge in [-0.25, -0.2) is 8.42 Å². The molecule has 1 unspecified atom stereocenters. The van der Waals surface area contributed by atoms with Gasteiger partial charge >= 0.3 is 0 Å². The van der Waals surface area contributed by atoms with Crippen LogP contribution in [0.3, 0.4) is 0 Å². The molecular weight excluding hydrogens is 294 g/mol. The van der Waals surface area contributed by atoms with E-state index in [9.17, 15) is 8.42 Å². The summed E-state index contributed by atoms with van der Waals surface area (Å²) in [4.78, 5) is 0.431. The molecule has 1 atom stereocenters. The molecule has 0 aromatic heterocycles. The molecule has 0 aliphatic carbocycles. The molecule has 0 N–H and O–H groups in total. The van der Waals surface area contributed by atoms with Crippen molar-refractivity contribution in [1.82, 2.24) is 4.31 Å². The predicted molar refractivity (Wildman–Crippen MR) is 82.7 cm³/mol. The molecule has 1 aromatic rings. The zero-order valence-corrected chi connectivity index (χ0v) is 13.8. The Labute approximate surface area is 127 Å². The lowest BCUT2D eigenvalue weighted by Crippen LogP contribution is -2.40. The van der Waals surface area contributed by atoms with Crippen LogP contribution in [0.2, 0.25) is 0 Å². The van der Waals surface area contributed by atoms with Crippen LogP contribution in [0.15, 0.2) is 23.1 Å². The van der Waals surface area contributed by atoms with Crippen LogP contribution in [-0.2, 0) is 10.0 Å². The van der Waals surface area contributed by atoms with Gasteiger partial charge in [0, 0.05) is 18.5 Å². The molecule has 0 spiro atoms. The molecule has 112 valence electrons. The highest BCUT2D eigenvalue weighted by Crippen LogP contribution is 2.28. The van der Waals surface area contributed by atoms with E-state index in [-0.39, 0.29) is 5.38 Å². The maximum atomic E-state index is 12.7. The summed E-state index contributed by atoms with van der Waals surface area (Å²) in [6.07, 6.45) is 1.68. The van der Waals surface area contributed by atoms with E-state index < -0.39 is 10.0 Å². The van der Waals surface area contributed by atoms with E-state index in [0.717, 1.165) is 24.0 Å². The number of aryl methyl sites for hydroxylation is 2. The maximum absolute atomic E-state index is 12.7. The summed E-state index contributed by atoms with van der Waals surface area (Å²) in [5, 5.41) is 0.112. The molecule has 1 fully saturated rings. The van der Waals surface area contributed by atoms with Crippen molar-refractivity contribution >= 4 is 21.6 Å². The molecule has 0 bridgehead atoms. The highest BCUT2D eigenvalue weighted by Gasteiger charge is 2.31. The summed E-state index contributed by atoms with van der Waals surface area (Å²) in [5.41, 5.74) is 1.90. The second-order valence-electron chi connectivity index (χ2n) is 5.69. The van der Waals surface area contributed by atoms with Crippen molar-refractivity contribution in [2.24, 2.45) is 5.92 Å². The van der Waals surface area contributed by atoms with E-state index >= 15 is 0 Å². The van der Waals surface area contributed by atoms with Gasteiger partial charge in [-0.15, -0.1) is 11.6 Å². The Balaban J connectivity index is 2.20. The predicted octanol–water partition coefficient (Wildman–Crippen LogP) is 3.33. The molecule has 0 radical (unpaired) electrons. The molecular formula is C15H22ClNO2S. The number of piperidine rings is 1. The Morgan fingerprint density at radius 2 is 1.85 bits per heavy atom. The standard InChI is InChI=1S/C15H22ClNO2S/c1-11-4-5-15(12(2)10-11)20(18,19)17-8-6-14(7-9-17)13(3)16/h4-5,10,13-14H,6-9H2,1-3H3. The lowest BCUT2D eigenvalue weighted by atomic mass is 9.95. The Hall–Kier alpha value is -0.580. The summed E-state index contributed by atoms with van der Waals surface area (Å²) < 4.78 is 27.0. The quantitative estimate of drug-likeness (QED) is 0.802. The molecule has 1 saturated heterocycles. The Morgan fingerprint density at radius 1 is 1.25 bits per heavy atom. The molecule has 3 nitrogen and oxygen atoms in total. The fourth-order valence-electron chi connectivity index (χ4n) is 2.80. The lowest BCUT2D eigenvalue weighted by Gasteiger charge is -2.32. The van der Waals surface area contributed by atoms with Crippen LogP contribution in [0.4, 0.5) is 0 Å². The zero-order chi connectivity index (χ0) is 14.9. The molecule has 1 aliphatic heterocycles. The second kappa shape index (κ2) is 6.04. The molecule has 2 rings (SSSR count). The van der Waals surface area contributed by atoms with Crippen LogP contribution < -0.4 is 0 Å². The third-order valence-electron chi connectivity index (χ3n) is 4.10. The van der Waals surface area contributed by atoms with Crippen molar-refractivity contribution in [2.45, 2.75) is 43.9 Å². The van der Waals surface area contributed by atoms with Gasteiger partial charge in [-0.3, -0.25) is 0 Å². The van der Waals surface area contributed by atoms with Crippen LogP contribution in [0.5, 0.6) is 0 Å². The molecule has 1 aliphatic rings. The number of nitrogens with zero attached hydrogens (tertiary/aromatic N) is 1. The first kappa shape index (κ1) is 15.8. The van der Waals surface area contributed by atoms with E-state index in [1.165, 1.54) is 0 Å². The Kier molecular flexibility index (Phi) is 4.77. The summed E-state index contributed by atoms with van der Waals surface area (Å²) in [7, 11) is -3.37. The Bertz CT molecular complexity index is 576. The summed E-state index contributed by atoms with van der Waals surface area (Å²) >= 11 is 6.11. The van der Waals surface area contributed by atoms with Gasteiger partial charge in [-0.1, -0.05) is 17.7 Å². The van der Waals surface area contributed by atoms with Gasteiger partial charge in [-0.05, 0) is 51.2 Å². The third kappa shape index (κ3) is 3.18.